The van der Waals surface area contributed by atoms with E-state index in [9.17, 15) is 14.9 Å². The van der Waals surface area contributed by atoms with Crippen LogP contribution < -0.4 is 10.1 Å². The molecule has 0 aliphatic heterocycles. The molecule has 0 bridgehead atoms. The molecule has 8 heteroatoms. The normalized spacial score (nSPS) is 13.1. The first-order valence-corrected chi connectivity index (χ1v) is 7.67. The van der Waals surface area contributed by atoms with Crippen LogP contribution in [0, 0.1) is 10.1 Å². The number of anilines is 1. The molecule has 0 aliphatic carbocycles. The summed E-state index contributed by atoms with van der Waals surface area (Å²) in [6.07, 6.45) is 1.76. The number of aromatic nitrogens is 2. The molecule has 0 saturated carbocycles. The van der Waals surface area contributed by atoms with E-state index in [-0.39, 0.29) is 17.6 Å². The zero-order chi connectivity index (χ0) is 17.7. The molecule has 0 saturated heterocycles. The van der Waals surface area contributed by atoms with E-state index in [1.807, 2.05) is 13.8 Å². The second-order valence-corrected chi connectivity index (χ2v) is 5.42. The summed E-state index contributed by atoms with van der Waals surface area (Å²) in [6.45, 7) is 5.67. The van der Waals surface area contributed by atoms with E-state index < -0.39 is 11.0 Å². The van der Waals surface area contributed by atoms with E-state index in [1.165, 1.54) is 24.3 Å². The lowest BCUT2D eigenvalue weighted by Gasteiger charge is -2.17. The Morgan fingerprint density at radius 1 is 1.33 bits per heavy atom. The molecule has 0 spiro atoms. The highest BCUT2D eigenvalue weighted by atomic mass is 16.6. The highest BCUT2D eigenvalue weighted by Crippen LogP contribution is 2.20. The fraction of sp³-hybridized carbons (Fsp3) is 0.375. The van der Waals surface area contributed by atoms with E-state index in [0.717, 1.165) is 6.42 Å². The van der Waals surface area contributed by atoms with Gasteiger partial charge in [0.25, 0.3) is 11.6 Å². The van der Waals surface area contributed by atoms with Crippen LogP contribution in [0.15, 0.2) is 36.5 Å². The molecular weight excluding hydrogens is 312 g/mol. The molecular formula is C16H20N4O4. The van der Waals surface area contributed by atoms with Gasteiger partial charge in [-0.2, -0.15) is 5.10 Å². The number of nitrogens with one attached hydrogen (secondary N) is 1. The zero-order valence-electron chi connectivity index (χ0n) is 13.8. The van der Waals surface area contributed by atoms with Crippen molar-refractivity contribution in [3.05, 3.63) is 46.6 Å². The summed E-state index contributed by atoms with van der Waals surface area (Å²) in [5.74, 6) is 0.672. The van der Waals surface area contributed by atoms with Crippen LogP contribution in [0.1, 0.15) is 33.2 Å². The van der Waals surface area contributed by atoms with Crippen molar-refractivity contribution in [1.82, 2.24) is 9.78 Å². The van der Waals surface area contributed by atoms with Gasteiger partial charge in [-0.15, -0.1) is 0 Å². The third-order valence-corrected chi connectivity index (χ3v) is 3.66. The molecule has 0 unspecified atom stereocenters. The predicted octanol–water partition coefficient (Wildman–Crippen LogP) is 3.17. The van der Waals surface area contributed by atoms with Crippen molar-refractivity contribution in [1.29, 1.82) is 0 Å². The number of hydrogen-bond donors (Lipinski definition) is 1. The number of nitro groups is 1. The quantitative estimate of drug-likeness (QED) is 0.620. The minimum absolute atomic E-state index is 0.0306. The van der Waals surface area contributed by atoms with Gasteiger partial charge in [0.2, 0.25) is 0 Å². The Balaban J connectivity index is 2.00. The van der Waals surface area contributed by atoms with E-state index in [4.69, 9.17) is 4.74 Å². The molecule has 0 fully saturated rings. The summed E-state index contributed by atoms with van der Waals surface area (Å²) < 4.78 is 7.27. The first-order valence-electron chi connectivity index (χ1n) is 7.67. The topological polar surface area (TPSA) is 99.3 Å². The molecule has 2 atom stereocenters. The van der Waals surface area contributed by atoms with E-state index in [1.54, 1.807) is 23.9 Å². The molecule has 1 heterocycles. The Morgan fingerprint density at radius 3 is 2.58 bits per heavy atom. The van der Waals surface area contributed by atoms with Gasteiger partial charge < -0.3 is 10.1 Å². The number of ether oxygens (including phenoxy) is 1. The Kier molecular flexibility index (Phi) is 5.51. The molecule has 0 radical (unpaired) electrons. The first kappa shape index (κ1) is 17.5. The van der Waals surface area contributed by atoms with Crippen LogP contribution in [0.5, 0.6) is 5.75 Å². The van der Waals surface area contributed by atoms with Crippen LogP contribution in [0.4, 0.5) is 11.5 Å². The maximum atomic E-state index is 12.3. The van der Waals surface area contributed by atoms with Gasteiger partial charge in [-0.05, 0) is 32.4 Å². The third-order valence-electron chi connectivity index (χ3n) is 3.66. The van der Waals surface area contributed by atoms with Crippen molar-refractivity contribution in [3.8, 4) is 5.75 Å². The Labute approximate surface area is 139 Å². The van der Waals surface area contributed by atoms with E-state index in [0.29, 0.717) is 11.6 Å². The third kappa shape index (κ3) is 4.09. The van der Waals surface area contributed by atoms with Gasteiger partial charge >= 0.3 is 0 Å². The number of benzene rings is 1. The molecule has 2 aromatic rings. The van der Waals surface area contributed by atoms with E-state index in [2.05, 4.69) is 10.4 Å². The molecule has 2 rings (SSSR count). The Morgan fingerprint density at radius 2 is 2.00 bits per heavy atom. The SMILES string of the molecule is CC[C@@H](C)n1nccc1NC(=O)[C@@H](C)Oc1ccc([N+](=O)[O-])cc1. The number of carbonyl (C=O) groups is 1. The average molecular weight is 332 g/mol. The molecule has 1 amide bonds. The van der Waals surface area contributed by atoms with Crippen molar-refractivity contribution >= 4 is 17.4 Å². The number of non-ortho nitro benzene ring substituents is 1. The molecule has 1 aromatic carbocycles. The number of carbonyl (C=O) groups excluding carboxylic acids is 1. The lowest BCUT2D eigenvalue weighted by Crippen LogP contribution is -2.31. The van der Waals surface area contributed by atoms with Crippen molar-refractivity contribution < 1.29 is 14.5 Å². The number of hydrogen-bond acceptors (Lipinski definition) is 5. The molecule has 8 nitrogen and oxygen atoms in total. The summed E-state index contributed by atoms with van der Waals surface area (Å²) in [4.78, 5) is 22.4. The summed E-state index contributed by atoms with van der Waals surface area (Å²) >= 11 is 0. The summed E-state index contributed by atoms with van der Waals surface area (Å²) in [6, 6.07) is 7.48. The van der Waals surface area contributed by atoms with Crippen LogP contribution in [0.3, 0.4) is 0 Å². The lowest BCUT2D eigenvalue weighted by molar-refractivity contribution is -0.384. The predicted molar refractivity (Wildman–Crippen MR) is 89.0 cm³/mol. The highest BCUT2D eigenvalue weighted by molar-refractivity contribution is 5.93. The van der Waals surface area contributed by atoms with E-state index >= 15 is 0 Å². The van der Waals surface area contributed by atoms with Crippen molar-refractivity contribution in [2.75, 3.05) is 5.32 Å². The lowest BCUT2D eigenvalue weighted by atomic mass is 10.2. The van der Waals surface area contributed by atoms with Gasteiger partial charge in [0.05, 0.1) is 17.2 Å². The smallest absolute Gasteiger partial charge is 0.269 e. The minimum atomic E-state index is -0.758. The Bertz CT molecular complexity index is 711. The van der Waals surface area contributed by atoms with Crippen molar-refractivity contribution in [2.24, 2.45) is 0 Å². The van der Waals surface area contributed by atoms with Crippen LogP contribution >= 0.6 is 0 Å². The summed E-state index contributed by atoms with van der Waals surface area (Å²) in [5.41, 5.74) is -0.0306. The first-order chi connectivity index (χ1) is 11.4. The second-order valence-electron chi connectivity index (χ2n) is 5.42. The van der Waals surface area contributed by atoms with Crippen LogP contribution in [0.2, 0.25) is 0 Å². The van der Waals surface area contributed by atoms with Crippen LogP contribution in [-0.2, 0) is 4.79 Å². The average Bonchev–Trinajstić information content (AvgIpc) is 3.02. The van der Waals surface area contributed by atoms with Gasteiger partial charge in [0.15, 0.2) is 6.10 Å². The number of nitro benzene ring substituents is 1. The number of nitrogens with zero attached hydrogens (tertiary/aromatic N) is 3. The highest BCUT2D eigenvalue weighted by Gasteiger charge is 2.18. The monoisotopic (exact) mass is 332 g/mol. The fourth-order valence-corrected chi connectivity index (χ4v) is 2.07. The molecule has 24 heavy (non-hydrogen) atoms. The minimum Gasteiger partial charge on any atom is -0.481 e. The van der Waals surface area contributed by atoms with Gasteiger partial charge in [-0.1, -0.05) is 6.92 Å². The van der Waals surface area contributed by atoms with Gasteiger partial charge in [-0.25, -0.2) is 4.68 Å². The largest absolute Gasteiger partial charge is 0.481 e. The van der Waals surface area contributed by atoms with Gasteiger partial charge in [0, 0.05) is 18.2 Å². The summed E-state index contributed by atoms with van der Waals surface area (Å²) in [7, 11) is 0. The molecule has 128 valence electrons. The zero-order valence-corrected chi connectivity index (χ0v) is 13.8. The van der Waals surface area contributed by atoms with Crippen LogP contribution in [-0.4, -0.2) is 26.7 Å². The van der Waals surface area contributed by atoms with Crippen LogP contribution in [0.25, 0.3) is 0 Å². The molecule has 1 N–H and O–H groups in total. The summed E-state index contributed by atoms with van der Waals surface area (Å²) in [5, 5.41) is 17.6. The maximum absolute atomic E-state index is 12.3. The Hall–Kier alpha value is -2.90. The fourth-order valence-electron chi connectivity index (χ4n) is 2.07. The van der Waals surface area contributed by atoms with Gasteiger partial charge in [0.1, 0.15) is 11.6 Å². The standard InChI is InChI=1S/C16H20N4O4/c1-4-11(2)19-15(9-10-17-19)18-16(21)12(3)24-14-7-5-13(6-8-14)20(22)23/h5-12H,4H2,1-3H3,(H,18,21)/t11-,12-/m1/s1. The van der Waals surface area contributed by atoms with Crippen molar-refractivity contribution in [2.45, 2.75) is 39.3 Å². The maximum Gasteiger partial charge on any atom is 0.269 e. The van der Waals surface area contributed by atoms with Crippen molar-refractivity contribution in [3.63, 3.8) is 0 Å². The second kappa shape index (κ2) is 7.58. The molecule has 1 aromatic heterocycles. The number of rotatable bonds is 7. The van der Waals surface area contributed by atoms with Gasteiger partial charge in [-0.3, -0.25) is 14.9 Å². The molecule has 0 aliphatic rings. The number of amides is 1.